The lowest BCUT2D eigenvalue weighted by molar-refractivity contribution is 0.0695. The van der Waals surface area contributed by atoms with Crippen molar-refractivity contribution < 1.29 is 29.3 Å². The van der Waals surface area contributed by atoms with Gasteiger partial charge >= 0.3 is 11.9 Å². The summed E-state index contributed by atoms with van der Waals surface area (Å²) in [6, 6.07) is 4.50. The molecule has 0 aliphatic rings. The molecule has 2 aromatic rings. The second kappa shape index (κ2) is 8.45. The Morgan fingerprint density at radius 2 is 1.82 bits per heavy atom. The Balaban J connectivity index is 2.92. The van der Waals surface area contributed by atoms with Crippen LogP contribution in [0, 0.1) is 11.3 Å². The second-order valence-corrected chi connectivity index (χ2v) is 6.12. The van der Waals surface area contributed by atoms with Crippen LogP contribution in [0.4, 0.5) is 5.82 Å². The molecule has 0 atom stereocenters. The molecule has 5 N–H and O–H groups in total. The molecule has 1 heterocycles. The van der Waals surface area contributed by atoms with Gasteiger partial charge in [-0.1, -0.05) is 15.9 Å². The number of carboxylic acids is 2. The van der Waals surface area contributed by atoms with Gasteiger partial charge in [0.1, 0.15) is 23.0 Å². The standard InChI is InChI=1S/C17H14BrN3O7/c1-2-27-9-5-7(8(18)6-10(9)28-4-3-19)11-12(16(23)24)14(20)21-15(22)13(11)17(25)26/h5-6H,2,4H2,1H3,(H,23,24)(H,25,26)(H3,20,21,22). The maximum absolute atomic E-state index is 12.2. The van der Waals surface area contributed by atoms with Crippen LogP contribution in [-0.4, -0.2) is 40.3 Å². The third kappa shape index (κ3) is 3.91. The number of nitriles is 1. The molecule has 0 aliphatic heterocycles. The zero-order valence-corrected chi connectivity index (χ0v) is 16.0. The Labute approximate surface area is 166 Å². The number of pyridine rings is 1. The summed E-state index contributed by atoms with van der Waals surface area (Å²) >= 11 is 3.22. The van der Waals surface area contributed by atoms with E-state index >= 15 is 0 Å². The van der Waals surface area contributed by atoms with E-state index in [0.29, 0.717) is 0 Å². The number of benzene rings is 1. The first-order valence-electron chi connectivity index (χ1n) is 7.71. The normalized spacial score (nSPS) is 10.2. The zero-order valence-electron chi connectivity index (χ0n) is 14.4. The van der Waals surface area contributed by atoms with Crippen LogP contribution in [0.2, 0.25) is 0 Å². The highest BCUT2D eigenvalue weighted by Gasteiger charge is 2.28. The molecule has 28 heavy (non-hydrogen) atoms. The molecule has 0 fully saturated rings. The number of nitrogen functional groups attached to an aromatic ring is 1. The first kappa shape index (κ1) is 20.8. The van der Waals surface area contributed by atoms with Gasteiger partial charge in [0.05, 0.1) is 6.61 Å². The molecule has 10 nitrogen and oxygen atoms in total. The number of hydrogen-bond acceptors (Lipinski definition) is 7. The lowest BCUT2D eigenvalue weighted by Gasteiger charge is -2.17. The fraction of sp³-hybridized carbons (Fsp3) is 0.176. The number of hydrogen-bond donors (Lipinski definition) is 4. The van der Waals surface area contributed by atoms with E-state index in [1.54, 1.807) is 13.0 Å². The van der Waals surface area contributed by atoms with E-state index in [1.165, 1.54) is 12.1 Å². The molecule has 0 aliphatic carbocycles. The van der Waals surface area contributed by atoms with Gasteiger partial charge in [-0.3, -0.25) is 4.79 Å². The summed E-state index contributed by atoms with van der Waals surface area (Å²) in [5, 5.41) is 27.7. The highest BCUT2D eigenvalue weighted by molar-refractivity contribution is 9.10. The number of rotatable bonds is 7. The summed E-state index contributed by atoms with van der Waals surface area (Å²) in [5.41, 5.74) is 2.86. The van der Waals surface area contributed by atoms with Crippen LogP contribution >= 0.6 is 15.9 Å². The van der Waals surface area contributed by atoms with Crippen LogP contribution in [0.25, 0.3) is 11.1 Å². The van der Waals surface area contributed by atoms with Crippen LogP contribution in [0.5, 0.6) is 11.5 Å². The maximum atomic E-state index is 12.2. The monoisotopic (exact) mass is 451 g/mol. The predicted molar refractivity (Wildman–Crippen MR) is 101 cm³/mol. The third-order valence-electron chi connectivity index (χ3n) is 3.57. The summed E-state index contributed by atoms with van der Waals surface area (Å²) in [5.74, 6) is -3.35. The van der Waals surface area contributed by atoms with E-state index < -0.39 is 34.4 Å². The van der Waals surface area contributed by atoms with Crippen molar-refractivity contribution >= 4 is 33.7 Å². The van der Waals surface area contributed by atoms with Crippen molar-refractivity contribution in [1.29, 1.82) is 5.26 Å². The number of anilines is 1. The van der Waals surface area contributed by atoms with E-state index in [4.69, 9.17) is 20.5 Å². The van der Waals surface area contributed by atoms with Gasteiger partial charge in [-0.05, 0) is 19.1 Å². The Hall–Kier alpha value is -3.52. The van der Waals surface area contributed by atoms with Gasteiger partial charge < -0.3 is 30.4 Å². The van der Waals surface area contributed by atoms with Crippen LogP contribution in [-0.2, 0) is 0 Å². The van der Waals surface area contributed by atoms with E-state index in [2.05, 4.69) is 15.9 Å². The number of halogens is 1. The summed E-state index contributed by atoms with van der Waals surface area (Å²) < 4.78 is 10.9. The van der Waals surface area contributed by atoms with Gasteiger partial charge in [-0.15, -0.1) is 0 Å². The van der Waals surface area contributed by atoms with Crippen molar-refractivity contribution in [3.05, 3.63) is 38.1 Å². The van der Waals surface area contributed by atoms with Crippen molar-refractivity contribution in [2.24, 2.45) is 0 Å². The van der Waals surface area contributed by atoms with Gasteiger partial charge in [0.15, 0.2) is 18.1 Å². The average molecular weight is 452 g/mol. The van der Waals surface area contributed by atoms with Gasteiger partial charge in [-0.2, -0.15) is 5.26 Å². The Kier molecular flexibility index (Phi) is 6.27. The molecular formula is C17H14BrN3O7. The fourth-order valence-corrected chi connectivity index (χ4v) is 3.05. The number of aromatic carboxylic acids is 2. The molecule has 1 aromatic heterocycles. The van der Waals surface area contributed by atoms with Crippen molar-refractivity contribution in [2.75, 3.05) is 18.9 Å². The minimum Gasteiger partial charge on any atom is -0.490 e. The fourth-order valence-electron chi connectivity index (χ4n) is 2.53. The quantitative estimate of drug-likeness (QED) is 0.490. The number of carboxylic acid groups (broad SMARTS) is 2. The summed E-state index contributed by atoms with van der Waals surface area (Å²) in [6.45, 7) is 1.62. The van der Waals surface area contributed by atoms with Crippen molar-refractivity contribution in [1.82, 2.24) is 4.98 Å². The van der Waals surface area contributed by atoms with Crippen LogP contribution in [0.1, 0.15) is 27.6 Å². The van der Waals surface area contributed by atoms with Gasteiger partial charge in [-0.25, -0.2) is 9.59 Å². The molecule has 0 saturated heterocycles. The number of carbonyl (C=O) groups is 2. The van der Waals surface area contributed by atoms with E-state index in [9.17, 15) is 24.6 Å². The highest BCUT2D eigenvalue weighted by Crippen LogP contribution is 2.41. The van der Waals surface area contributed by atoms with E-state index in [1.807, 2.05) is 4.98 Å². The van der Waals surface area contributed by atoms with Crippen molar-refractivity contribution in [3.63, 3.8) is 0 Å². The summed E-state index contributed by atoms with van der Waals surface area (Å²) in [6.07, 6.45) is 0. The van der Waals surface area contributed by atoms with E-state index in [-0.39, 0.29) is 40.3 Å². The SMILES string of the molecule is CCOc1cc(-c2c(C(=O)O)c(N)[nH]c(=O)c2C(=O)O)c(Br)cc1OCC#N. The third-order valence-corrected chi connectivity index (χ3v) is 4.22. The topological polar surface area (TPSA) is 176 Å². The van der Waals surface area contributed by atoms with Gasteiger partial charge in [0.2, 0.25) is 0 Å². The number of nitrogens with two attached hydrogens (primary N) is 1. The van der Waals surface area contributed by atoms with Crippen LogP contribution < -0.4 is 20.8 Å². The predicted octanol–water partition coefficient (Wildman–Crippen LogP) is 2.08. The van der Waals surface area contributed by atoms with Crippen LogP contribution in [0.3, 0.4) is 0 Å². The Morgan fingerprint density at radius 1 is 1.21 bits per heavy atom. The maximum Gasteiger partial charge on any atom is 0.342 e. The molecule has 146 valence electrons. The summed E-state index contributed by atoms with van der Waals surface area (Å²) in [4.78, 5) is 37.6. The second-order valence-electron chi connectivity index (χ2n) is 5.26. The molecule has 2 rings (SSSR count). The Morgan fingerprint density at radius 3 is 2.36 bits per heavy atom. The molecule has 1 aromatic carbocycles. The zero-order chi connectivity index (χ0) is 21.0. The first-order valence-corrected chi connectivity index (χ1v) is 8.50. The molecule has 0 amide bonds. The molecular weight excluding hydrogens is 438 g/mol. The highest BCUT2D eigenvalue weighted by atomic mass is 79.9. The smallest absolute Gasteiger partial charge is 0.342 e. The molecule has 0 spiro atoms. The number of aromatic nitrogens is 1. The molecule has 0 bridgehead atoms. The number of nitrogens with one attached hydrogen (secondary N) is 1. The lowest BCUT2D eigenvalue weighted by atomic mass is 9.95. The first-order chi connectivity index (χ1) is 13.2. The minimum absolute atomic E-state index is 0.0420. The molecule has 0 unspecified atom stereocenters. The Bertz CT molecular complexity index is 1060. The lowest BCUT2D eigenvalue weighted by Crippen LogP contribution is -2.24. The molecule has 11 heteroatoms. The van der Waals surface area contributed by atoms with Crippen LogP contribution in [0.15, 0.2) is 21.4 Å². The van der Waals surface area contributed by atoms with Gasteiger partial charge in [0.25, 0.3) is 5.56 Å². The summed E-state index contributed by atoms with van der Waals surface area (Å²) in [7, 11) is 0. The number of H-pyrrole nitrogens is 1. The largest absolute Gasteiger partial charge is 0.490 e. The van der Waals surface area contributed by atoms with E-state index in [0.717, 1.165) is 0 Å². The molecule has 0 radical (unpaired) electrons. The van der Waals surface area contributed by atoms with Gasteiger partial charge in [0, 0.05) is 15.6 Å². The molecule has 0 saturated carbocycles. The number of aromatic amines is 1. The minimum atomic E-state index is -1.63. The van der Waals surface area contributed by atoms with Crippen molar-refractivity contribution in [2.45, 2.75) is 6.92 Å². The number of nitrogens with zero attached hydrogens (tertiary/aromatic N) is 1. The average Bonchev–Trinajstić information content (AvgIpc) is 2.60. The van der Waals surface area contributed by atoms with Crippen molar-refractivity contribution in [3.8, 4) is 28.7 Å². The number of ether oxygens (including phenoxy) is 2.